The van der Waals surface area contributed by atoms with Gasteiger partial charge in [0.1, 0.15) is 11.6 Å². The molecule has 0 unspecified atom stereocenters. The Balaban J connectivity index is 1.67. The first kappa shape index (κ1) is 14.2. The fourth-order valence-corrected chi connectivity index (χ4v) is 2.53. The summed E-state index contributed by atoms with van der Waals surface area (Å²) in [6, 6.07) is 8.05. The highest BCUT2D eigenvalue weighted by Gasteiger charge is 2.16. The lowest BCUT2D eigenvalue weighted by Gasteiger charge is -2.09. The molecule has 110 valence electrons. The van der Waals surface area contributed by atoms with Crippen LogP contribution in [0.4, 0.5) is 4.39 Å². The van der Waals surface area contributed by atoms with Crippen LogP contribution in [0, 0.1) is 5.82 Å². The number of rotatable bonds is 4. The quantitative estimate of drug-likeness (QED) is 0.885. The molecule has 2 N–H and O–H groups in total. The van der Waals surface area contributed by atoms with Crippen LogP contribution in [-0.4, -0.2) is 11.9 Å². The number of ether oxygens (including phenoxy) is 2. The predicted molar refractivity (Wildman–Crippen MR) is 78.9 cm³/mol. The van der Waals surface area contributed by atoms with Gasteiger partial charge in [0.25, 0.3) is 0 Å². The van der Waals surface area contributed by atoms with Gasteiger partial charge in [0.05, 0.1) is 0 Å². The van der Waals surface area contributed by atoms with Crippen LogP contribution in [0.5, 0.6) is 17.2 Å². The van der Waals surface area contributed by atoms with Gasteiger partial charge in [0.15, 0.2) is 11.5 Å². The predicted octanol–water partition coefficient (Wildman–Crippen LogP) is 3.31. The molecule has 2 aromatic rings. The number of benzene rings is 2. The van der Waals surface area contributed by atoms with Gasteiger partial charge in [-0.1, -0.05) is 15.9 Å². The minimum absolute atomic E-state index is 0.126. The number of fused-ring (bicyclic) bond motifs is 1. The summed E-state index contributed by atoms with van der Waals surface area (Å²) in [6.45, 7) is 0.919. The SMILES string of the molecule is Oc1cc2c(cc1CNCc1cc(Br)ccc1F)OCO2. The van der Waals surface area contributed by atoms with Crippen molar-refractivity contribution in [1.29, 1.82) is 0 Å². The van der Waals surface area contributed by atoms with Gasteiger partial charge in [-0.05, 0) is 24.3 Å². The molecule has 0 aromatic heterocycles. The lowest BCUT2D eigenvalue weighted by atomic mass is 10.1. The van der Waals surface area contributed by atoms with Gasteiger partial charge >= 0.3 is 0 Å². The van der Waals surface area contributed by atoms with E-state index in [9.17, 15) is 9.50 Å². The number of phenolic OH excluding ortho intramolecular Hbond substituents is 1. The molecule has 6 heteroatoms. The molecular weight excluding hydrogens is 341 g/mol. The summed E-state index contributed by atoms with van der Waals surface area (Å²) < 4.78 is 24.9. The van der Waals surface area contributed by atoms with Crippen LogP contribution in [0.15, 0.2) is 34.8 Å². The fourth-order valence-electron chi connectivity index (χ4n) is 2.13. The summed E-state index contributed by atoms with van der Waals surface area (Å²) in [5, 5.41) is 13.0. The van der Waals surface area contributed by atoms with Crippen LogP contribution >= 0.6 is 15.9 Å². The van der Waals surface area contributed by atoms with E-state index in [0.29, 0.717) is 35.7 Å². The van der Waals surface area contributed by atoms with Crippen LogP contribution in [0.25, 0.3) is 0 Å². The standard InChI is InChI=1S/C15H13BrFNO3/c16-11-1-2-12(17)9(3-11)6-18-7-10-4-14-15(5-13(10)19)21-8-20-14/h1-5,18-19H,6-8H2. The van der Waals surface area contributed by atoms with Crippen molar-refractivity contribution in [3.63, 3.8) is 0 Å². The molecule has 0 bridgehead atoms. The Labute approximate surface area is 129 Å². The van der Waals surface area contributed by atoms with Crippen molar-refractivity contribution in [2.75, 3.05) is 6.79 Å². The second kappa shape index (κ2) is 5.91. The first-order valence-electron chi connectivity index (χ1n) is 6.39. The normalized spacial score (nSPS) is 12.7. The number of hydrogen-bond acceptors (Lipinski definition) is 4. The summed E-state index contributed by atoms with van der Waals surface area (Å²) >= 11 is 3.31. The number of hydrogen-bond donors (Lipinski definition) is 2. The van der Waals surface area contributed by atoms with Gasteiger partial charge in [-0.15, -0.1) is 0 Å². The highest BCUT2D eigenvalue weighted by Crippen LogP contribution is 2.37. The van der Waals surface area contributed by atoms with E-state index in [1.54, 1.807) is 18.2 Å². The highest BCUT2D eigenvalue weighted by atomic mass is 79.9. The zero-order valence-corrected chi connectivity index (χ0v) is 12.6. The summed E-state index contributed by atoms with van der Waals surface area (Å²) in [5.74, 6) is 1.01. The van der Waals surface area contributed by atoms with Gasteiger partial charge < -0.3 is 19.9 Å². The van der Waals surface area contributed by atoms with Crippen molar-refractivity contribution >= 4 is 15.9 Å². The average Bonchev–Trinajstić information content (AvgIpc) is 2.90. The second-order valence-electron chi connectivity index (χ2n) is 4.67. The summed E-state index contributed by atoms with van der Waals surface area (Å²) in [5.41, 5.74) is 1.24. The molecule has 0 fully saturated rings. The van der Waals surface area contributed by atoms with E-state index in [0.717, 1.165) is 4.47 Å². The lowest BCUT2D eigenvalue weighted by molar-refractivity contribution is 0.174. The molecule has 3 rings (SSSR count). The van der Waals surface area contributed by atoms with Crippen molar-refractivity contribution in [3.8, 4) is 17.2 Å². The zero-order chi connectivity index (χ0) is 14.8. The van der Waals surface area contributed by atoms with E-state index in [1.165, 1.54) is 12.1 Å². The fraction of sp³-hybridized carbons (Fsp3) is 0.200. The molecule has 1 aliphatic heterocycles. The van der Waals surface area contributed by atoms with Crippen LogP contribution in [0.3, 0.4) is 0 Å². The van der Waals surface area contributed by atoms with E-state index < -0.39 is 0 Å². The largest absolute Gasteiger partial charge is 0.507 e. The lowest BCUT2D eigenvalue weighted by Crippen LogP contribution is -2.13. The molecule has 0 spiro atoms. The van der Waals surface area contributed by atoms with Crippen molar-refractivity contribution in [3.05, 3.63) is 51.7 Å². The third-order valence-electron chi connectivity index (χ3n) is 3.21. The van der Waals surface area contributed by atoms with Gasteiger partial charge in [-0.3, -0.25) is 0 Å². The Morgan fingerprint density at radius 3 is 2.62 bits per heavy atom. The first-order chi connectivity index (χ1) is 10.1. The topological polar surface area (TPSA) is 50.7 Å². The van der Waals surface area contributed by atoms with Gasteiger partial charge in [-0.2, -0.15) is 0 Å². The molecule has 0 saturated heterocycles. The van der Waals surface area contributed by atoms with E-state index in [2.05, 4.69) is 21.2 Å². The maximum absolute atomic E-state index is 13.6. The van der Waals surface area contributed by atoms with E-state index in [4.69, 9.17) is 9.47 Å². The minimum Gasteiger partial charge on any atom is -0.507 e. The van der Waals surface area contributed by atoms with E-state index in [-0.39, 0.29) is 18.4 Å². The molecule has 1 aliphatic rings. The molecule has 0 amide bonds. The Morgan fingerprint density at radius 2 is 1.81 bits per heavy atom. The molecule has 1 heterocycles. The molecule has 0 radical (unpaired) electrons. The monoisotopic (exact) mass is 353 g/mol. The van der Waals surface area contributed by atoms with Crippen LogP contribution in [0.2, 0.25) is 0 Å². The zero-order valence-electron chi connectivity index (χ0n) is 11.0. The molecule has 2 aromatic carbocycles. The number of phenols is 1. The molecular formula is C15H13BrFNO3. The van der Waals surface area contributed by atoms with Crippen molar-refractivity contribution in [2.24, 2.45) is 0 Å². The number of aromatic hydroxyl groups is 1. The summed E-state index contributed by atoms with van der Waals surface area (Å²) in [6.07, 6.45) is 0. The maximum Gasteiger partial charge on any atom is 0.231 e. The molecule has 21 heavy (non-hydrogen) atoms. The van der Waals surface area contributed by atoms with Gasteiger partial charge in [0.2, 0.25) is 6.79 Å². The van der Waals surface area contributed by atoms with Gasteiger partial charge in [-0.25, -0.2) is 4.39 Å². The third kappa shape index (κ3) is 3.11. The van der Waals surface area contributed by atoms with E-state index in [1.807, 2.05) is 0 Å². The molecule has 4 nitrogen and oxygen atoms in total. The van der Waals surface area contributed by atoms with Crippen LogP contribution in [0.1, 0.15) is 11.1 Å². The molecule has 0 aliphatic carbocycles. The average molecular weight is 354 g/mol. The summed E-state index contributed by atoms with van der Waals surface area (Å²) in [7, 11) is 0. The molecule has 0 saturated carbocycles. The first-order valence-corrected chi connectivity index (χ1v) is 7.19. The van der Waals surface area contributed by atoms with Crippen LogP contribution in [-0.2, 0) is 13.1 Å². The maximum atomic E-state index is 13.6. The molecule has 0 atom stereocenters. The number of nitrogens with one attached hydrogen (secondary N) is 1. The van der Waals surface area contributed by atoms with Crippen molar-refractivity contribution in [1.82, 2.24) is 5.32 Å². The Hall–Kier alpha value is -1.79. The second-order valence-corrected chi connectivity index (χ2v) is 5.59. The van der Waals surface area contributed by atoms with Crippen molar-refractivity contribution < 1.29 is 19.0 Å². The smallest absolute Gasteiger partial charge is 0.231 e. The Morgan fingerprint density at radius 1 is 1.10 bits per heavy atom. The third-order valence-corrected chi connectivity index (χ3v) is 3.71. The number of halogens is 2. The highest BCUT2D eigenvalue weighted by molar-refractivity contribution is 9.10. The van der Waals surface area contributed by atoms with E-state index >= 15 is 0 Å². The summed E-state index contributed by atoms with van der Waals surface area (Å²) in [4.78, 5) is 0. The van der Waals surface area contributed by atoms with Crippen molar-refractivity contribution in [2.45, 2.75) is 13.1 Å². The Kier molecular flexibility index (Phi) is 3.98. The van der Waals surface area contributed by atoms with Gasteiger partial charge in [0, 0.05) is 34.8 Å². The minimum atomic E-state index is -0.263. The van der Waals surface area contributed by atoms with Crippen LogP contribution < -0.4 is 14.8 Å². The Bertz CT molecular complexity index is 678.